The molecule has 3 aromatic rings. The molecule has 3 aromatic heterocycles. The highest BCUT2D eigenvalue weighted by molar-refractivity contribution is 5.74. The molecule has 0 saturated carbocycles. The van der Waals surface area contributed by atoms with Crippen molar-refractivity contribution in [2.75, 3.05) is 13.1 Å². The molecule has 1 fully saturated rings. The van der Waals surface area contributed by atoms with Gasteiger partial charge in [-0.05, 0) is 31.9 Å². The summed E-state index contributed by atoms with van der Waals surface area (Å²) in [6, 6.07) is 4.08. The quantitative estimate of drug-likeness (QED) is 0.765. The van der Waals surface area contributed by atoms with Crippen LogP contribution in [0.1, 0.15) is 36.3 Å². The molecular formula is C18H22N6O2. The number of rotatable bonds is 4. The third-order valence-corrected chi connectivity index (χ3v) is 4.74. The fourth-order valence-corrected chi connectivity index (χ4v) is 3.64. The van der Waals surface area contributed by atoms with Crippen LogP contribution in [-0.2, 0) is 16.9 Å². The fraction of sp³-hybridized carbons (Fsp3) is 0.444. The van der Waals surface area contributed by atoms with Crippen molar-refractivity contribution in [1.29, 1.82) is 0 Å². The number of amides is 1. The summed E-state index contributed by atoms with van der Waals surface area (Å²) < 4.78 is 7.43. The van der Waals surface area contributed by atoms with Crippen molar-refractivity contribution in [1.82, 2.24) is 29.7 Å². The molecule has 1 aliphatic heterocycles. The molecule has 8 heteroatoms. The maximum Gasteiger partial charge on any atom is 0.253 e. The molecule has 8 nitrogen and oxygen atoms in total. The second-order valence-corrected chi connectivity index (χ2v) is 7.07. The number of hydrogen-bond acceptors (Lipinski definition) is 6. The first kappa shape index (κ1) is 16.7. The third-order valence-electron chi connectivity index (χ3n) is 4.74. The minimum Gasteiger partial charge on any atom is -0.341 e. The van der Waals surface area contributed by atoms with Crippen LogP contribution in [0.4, 0.5) is 0 Å². The zero-order valence-corrected chi connectivity index (χ0v) is 15.2. The minimum atomic E-state index is -0.636. The lowest BCUT2D eigenvalue weighted by Gasteiger charge is -2.26. The summed E-state index contributed by atoms with van der Waals surface area (Å²) in [5, 5.41) is 6.92. The Balaban J connectivity index is 1.55. The van der Waals surface area contributed by atoms with E-state index in [-0.39, 0.29) is 5.91 Å². The molecule has 1 N–H and O–H groups in total. The molecule has 1 atom stereocenters. The smallest absolute Gasteiger partial charge is 0.253 e. The largest absolute Gasteiger partial charge is 0.341 e. The summed E-state index contributed by atoms with van der Waals surface area (Å²) in [5.41, 5.74) is 2.49. The third kappa shape index (κ3) is 3.08. The van der Waals surface area contributed by atoms with Crippen LogP contribution >= 0.6 is 0 Å². The molecule has 0 radical (unpaired) electrons. The van der Waals surface area contributed by atoms with Crippen molar-refractivity contribution in [2.45, 2.75) is 39.3 Å². The van der Waals surface area contributed by atoms with Crippen molar-refractivity contribution in [2.24, 2.45) is 0 Å². The Bertz CT molecular complexity index is 962. The van der Waals surface area contributed by atoms with Crippen LogP contribution < -0.4 is 5.32 Å². The fourth-order valence-electron chi connectivity index (χ4n) is 3.64. The van der Waals surface area contributed by atoms with Gasteiger partial charge < -0.3 is 14.2 Å². The summed E-state index contributed by atoms with van der Waals surface area (Å²) in [7, 11) is 0. The number of nitrogens with one attached hydrogen (secondary N) is 1. The van der Waals surface area contributed by atoms with Gasteiger partial charge in [0, 0.05) is 39.0 Å². The predicted molar refractivity (Wildman–Crippen MR) is 94.4 cm³/mol. The molecular weight excluding hydrogens is 332 g/mol. The molecule has 4 rings (SSSR count). The van der Waals surface area contributed by atoms with Crippen LogP contribution in [0.2, 0.25) is 0 Å². The standard InChI is InChI=1S/C18H22N6O2/c1-12-4-5-16-20-15(10-24(16)8-12)9-23-7-6-18(11-23,21-14(3)25)17-19-13(2)22-26-17/h4-5,8,10H,6-7,9,11H2,1-3H3,(H,21,25). The van der Waals surface area contributed by atoms with Crippen LogP contribution in [0, 0.1) is 13.8 Å². The van der Waals surface area contributed by atoms with Gasteiger partial charge in [0.25, 0.3) is 5.89 Å². The first-order chi connectivity index (χ1) is 12.4. The van der Waals surface area contributed by atoms with Crippen LogP contribution in [0.3, 0.4) is 0 Å². The van der Waals surface area contributed by atoms with Gasteiger partial charge in [0.05, 0.1) is 5.69 Å². The van der Waals surface area contributed by atoms with E-state index in [0.717, 1.165) is 24.3 Å². The number of nitrogens with zero attached hydrogens (tertiary/aromatic N) is 5. The Kier molecular flexibility index (Phi) is 3.99. The van der Waals surface area contributed by atoms with Gasteiger partial charge in [-0.1, -0.05) is 11.2 Å². The van der Waals surface area contributed by atoms with E-state index in [1.165, 1.54) is 12.5 Å². The lowest BCUT2D eigenvalue weighted by Crippen LogP contribution is -2.47. The van der Waals surface area contributed by atoms with E-state index in [9.17, 15) is 4.79 Å². The number of fused-ring (bicyclic) bond motifs is 1. The normalized spacial score (nSPS) is 20.7. The summed E-state index contributed by atoms with van der Waals surface area (Å²) in [6.45, 7) is 7.48. The number of carbonyl (C=O) groups is 1. The number of likely N-dealkylation sites (tertiary alicyclic amines) is 1. The molecule has 0 bridgehead atoms. The first-order valence-corrected chi connectivity index (χ1v) is 8.70. The second-order valence-electron chi connectivity index (χ2n) is 7.07. The number of carbonyl (C=O) groups excluding carboxylic acids is 1. The molecule has 0 aliphatic carbocycles. The molecule has 0 spiro atoms. The average molecular weight is 354 g/mol. The highest BCUT2D eigenvalue weighted by Gasteiger charge is 2.45. The minimum absolute atomic E-state index is 0.106. The van der Waals surface area contributed by atoms with Crippen LogP contribution in [0.5, 0.6) is 0 Å². The zero-order valence-electron chi connectivity index (χ0n) is 15.2. The molecule has 26 heavy (non-hydrogen) atoms. The van der Waals surface area contributed by atoms with Gasteiger partial charge >= 0.3 is 0 Å². The van der Waals surface area contributed by atoms with E-state index in [2.05, 4.69) is 50.7 Å². The average Bonchev–Trinajstić information content (AvgIpc) is 3.26. The Morgan fingerprint density at radius 3 is 2.88 bits per heavy atom. The highest BCUT2D eigenvalue weighted by atomic mass is 16.5. The molecule has 1 saturated heterocycles. The number of aromatic nitrogens is 4. The van der Waals surface area contributed by atoms with Gasteiger partial charge in [-0.15, -0.1) is 0 Å². The number of imidazole rings is 1. The highest BCUT2D eigenvalue weighted by Crippen LogP contribution is 2.32. The molecule has 1 amide bonds. The van der Waals surface area contributed by atoms with E-state index < -0.39 is 5.54 Å². The zero-order chi connectivity index (χ0) is 18.3. The summed E-state index contributed by atoms with van der Waals surface area (Å²) in [4.78, 5) is 23.1. The van der Waals surface area contributed by atoms with Crippen LogP contribution in [0.15, 0.2) is 29.0 Å². The lowest BCUT2D eigenvalue weighted by molar-refractivity contribution is -0.121. The maximum atomic E-state index is 11.8. The number of pyridine rings is 1. The van der Waals surface area contributed by atoms with Gasteiger partial charge in [-0.25, -0.2) is 4.98 Å². The van der Waals surface area contributed by atoms with E-state index in [1.807, 2.05) is 10.5 Å². The monoisotopic (exact) mass is 354 g/mol. The summed E-state index contributed by atoms with van der Waals surface area (Å²) in [6.07, 6.45) is 4.84. The van der Waals surface area contributed by atoms with Gasteiger partial charge in [-0.3, -0.25) is 9.69 Å². The molecule has 0 aromatic carbocycles. The Morgan fingerprint density at radius 2 is 2.15 bits per heavy atom. The Labute approximate surface area is 151 Å². The van der Waals surface area contributed by atoms with Crippen molar-refractivity contribution in [3.05, 3.63) is 47.5 Å². The van der Waals surface area contributed by atoms with Crippen molar-refractivity contribution < 1.29 is 9.32 Å². The van der Waals surface area contributed by atoms with E-state index in [1.54, 1.807) is 6.92 Å². The second kappa shape index (κ2) is 6.21. The molecule has 1 aliphatic rings. The Morgan fingerprint density at radius 1 is 1.31 bits per heavy atom. The molecule has 136 valence electrons. The van der Waals surface area contributed by atoms with E-state index in [0.29, 0.717) is 24.8 Å². The van der Waals surface area contributed by atoms with E-state index in [4.69, 9.17) is 4.52 Å². The van der Waals surface area contributed by atoms with Gasteiger partial charge in [0.15, 0.2) is 5.82 Å². The van der Waals surface area contributed by atoms with Crippen LogP contribution in [0.25, 0.3) is 5.65 Å². The van der Waals surface area contributed by atoms with Crippen LogP contribution in [-0.4, -0.2) is 43.4 Å². The van der Waals surface area contributed by atoms with Crippen molar-refractivity contribution >= 4 is 11.6 Å². The lowest BCUT2D eigenvalue weighted by atomic mass is 9.98. The van der Waals surface area contributed by atoms with Gasteiger partial charge in [-0.2, -0.15) is 4.98 Å². The van der Waals surface area contributed by atoms with Gasteiger partial charge in [0.1, 0.15) is 11.2 Å². The van der Waals surface area contributed by atoms with E-state index >= 15 is 0 Å². The predicted octanol–water partition coefficient (Wildman–Crippen LogP) is 1.57. The number of hydrogen-bond donors (Lipinski definition) is 1. The Hall–Kier alpha value is -2.74. The van der Waals surface area contributed by atoms with Crippen molar-refractivity contribution in [3.63, 3.8) is 0 Å². The molecule has 4 heterocycles. The first-order valence-electron chi connectivity index (χ1n) is 8.70. The topological polar surface area (TPSA) is 88.6 Å². The SMILES string of the molecule is CC(=O)NC1(c2nc(C)no2)CCN(Cc2cn3cc(C)ccc3n2)C1. The summed E-state index contributed by atoms with van der Waals surface area (Å²) >= 11 is 0. The molecule has 1 unspecified atom stereocenters. The maximum absolute atomic E-state index is 11.8. The number of aryl methyl sites for hydroxylation is 2. The van der Waals surface area contributed by atoms with Crippen molar-refractivity contribution in [3.8, 4) is 0 Å². The van der Waals surface area contributed by atoms with Gasteiger partial charge in [0.2, 0.25) is 5.91 Å². The summed E-state index contributed by atoms with van der Waals surface area (Å²) in [5.74, 6) is 0.933.